The summed E-state index contributed by atoms with van der Waals surface area (Å²) >= 11 is 0.173. The van der Waals surface area contributed by atoms with Gasteiger partial charge in [0.25, 0.3) is 0 Å². The van der Waals surface area contributed by atoms with Gasteiger partial charge < -0.3 is 4.42 Å². The van der Waals surface area contributed by atoms with E-state index in [0.29, 0.717) is 17.5 Å². The van der Waals surface area contributed by atoms with Gasteiger partial charge in [0, 0.05) is 0 Å². The van der Waals surface area contributed by atoms with E-state index in [1.54, 1.807) is 0 Å². The average Bonchev–Trinajstić information content (AvgIpc) is 3.82. The van der Waals surface area contributed by atoms with Gasteiger partial charge in [-0.15, -0.1) is 0 Å². The zero-order valence-electron chi connectivity index (χ0n) is 28.9. The Bertz CT molecular complexity index is 3220. The van der Waals surface area contributed by atoms with Crippen molar-refractivity contribution in [3.63, 3.8) is 0 Å². The molecule has 11 rings (SSSR count). The van der Waals surface area contributed by atoms with Gasteiger partial charge in [0.2, 0.25) is 0 Å². The van der Waals surface area contributed by atoms with Crippen molar-refractivity contribution in [2.75, 3.05) is 0 Å². The number of hydrogen-bond acceptors (Lipinski definition) is 4. The van der Waals surface area contributed by atoms with E-state index in [0.717, 1.165) is 49.6 Å². The van der Waals surface area contributed by atoms with E-state index >= 15 is 0 Å². The summed E-state index contributed by atoms with van der Waals surface area (Å²) in [6.07, 6.45) is 0. The Balaban J connectivity index is 1.12. The van der Waals surface area contributed by atoms with E-state index in [-0.39, 0.29) is 14.5 Å². The molecule has 8 aromatic carbocycles. The van der Waals surface area contributed by atoms with Crippen molar-refractivity contribution in [2.24, 2.45) is 0 Å². The van der Waals surface area contributed by atoms with Crippen LogP contribution in [0.4, 0.5) is 0 Å². The first kappa shape index (κ1) is 30.9. The summed E-state index contributed by atoms with van der Waals surface area (Å²) in [6, 6.07) is 62.0. The quantitative estimate of drug-likeness (QED) is 0.164. The normalized spacial score (nSPS) is 11.7. The van der Waals surface area contributed by atoms with Crippen LogP contribution in [0.5, 0.6) is 0 Å². The third-order valence-electron chi connectivity index (χ3n) is 10.3. The maximum atomic E-state index is 6.27. The number of hydrogen-bond donors (Lipinski definition) is 0. The van der Waals surface area contributed by atoms with Crippen LogP contribution in [-0.2, 0) is 0 Å². The van der Waals surface area contributed by atoms with Gasteiger partial charge in [-0.3, -0.25) is 0 Å². The van der Waals surface area contributed by atoms with E-state index in [1.165, 1.54) is 41.4 Å². The van der Waals surface area contributed by atoms with Crippen LogP contribution in [0, 0.1) is 0 Å². The maximum absolute atomic E-state index is 6.27. The molecule has 0 aliphatic heterocycles. The Hall–Kier alpha value is -6.65. The van der Waals surface area contributed by atoms with E-state index in [4.69, 9.17) is 19.4 Å². The van der Waals surface area contributed by atoms with Gasteiger partial charge in [0.15, 0.2) is 0 Å². The summed E-state index contributed by atoms with van der Waals surface area (Å²) in [5.74, 6) is 1.86. The molecule has 0 N–H and O–H groups in total. The number of benzene rings is 8. The molecular formula is C49H29N3OSe. The van der Waals surface area contributed by atoms with Gasteiger partial charge in [-0.1, -0.05) is 24.3 Å². The fraction of sp³-hybridized carbons (Fsp3) is 0. The van der Waals surface area contributed by atoms with Crippen molar-refractivity contribution >= 4 is 66.5 Å². The number of furan rings is 1. The monoisotopic (exact) mass is 755 g/mol. The topological polar surface area (TPSA) is 51.8 Å². The van der Waals surface area contributed by atoms with Crippen molar-refractivity contribution in [1.29, 1.82) is 0 Å². The molecule has 0 saturated heterocycles. The molecule has 0 saturated carbocycles. The van der Waals surface area contributed by atoms with Gasteiger partial charge >= 0.3 is 272 Å². The summed E-state index contributed by atoms with van der Waals surface area (Å²) in [4.78, 5) is 15.5. The van der Waals surface area contributed by atoms with E-state index < -0.39 is 0 Å². The Morgan fingerprint density at radius 3 is 1.87 bits per heavy atom. The third-order valence-corrected chi connectivity index (χ3v) is 12.8. The molecule has 0 radical (unpaired) electrons. The first-order valence-corrected chi connectivity index (χ1v) is 19.7. The van der Waals surface area contributed by atoms with Crippen LogP contribution >= 0.6 is 0 Å². The summed E-state index contributed by atoms with van der Waals surface area (Å²) in [5, 5.41) is 7.05. The standard InChI is InChI=1S/C49H29N3OSe/c1-3-13-30(14-4-1)36-20-11-21-38-37-26-25-33(29-44(37)54-46(36)38)41-28-34(27-32-17-7-8-18-35(32)41)48-50-47(31-15-5-2-6-16-31)51-49(52-48)40-22-12-24-43-45(40)39-19-9-10-23-42(39)53-43/h1-29H. The molecule has 5 heteroatoms. The Labute approximate surface area is 316 Å². The molecule has 0 bridgehead atoms. The van der Waals surface area contributed by atoms with E-state index in [2.05, 4.69) is 127 Å². The van der Waals surface area contributed by atoms with Crippen molar-refractivity contribution in [3.8, 4) is 56.4 Å². The van der Waals surface area contributed by atoms with Gasteiger partial charge in [0.05, 0.1) is 0 Å². The predicted octanol–water partition coefficient (Wildman–Crippen LogP) is 12.6. The minimum atomic E-state index is 0.173. The number of nitrogens with zero attached hydrogens (tertiary/aromatic N) is 3. The van der Waals surface area contributed by atoms with Gasteiger partial charge in [0.1, 0.15) is 5.58 Å². The second-order valence-corrected chi connectivity index (χ2v) is 15.8. The molecule has 4 nitrogen and oxygen atoms in total. The molecule has 0 aliphatic rings. The predicted molar refractivity (Wildman–Crippen MR) is 224 cm³/mol. The Morgan fingerprint density at radius 2 is 1.02 bits per heavy atom. The fourth-order valence-corrected chi connectivity index (χ4v) is 10.5. The minimum absolute atomic E-state index is 0.173. The van der Waals surface area contributed by atoms with Crippen LogP contribution < -0.4 is 0 Å². The van der Waals surface area contributed by atoms with Crippen LogP contribution in [0.2, 0.25) is 0 Å². The summed E-state index contributed by atoms with van der Waals surface area (Å²) in [5.41, 5.74) is 9.38. The zero-order valence-corrected chi connectivity index (χ0v) is 30.6. The van der Waals surface area contributed by atoms with Crippen molar-refractivity contribution < 1.29 is 4.42 Å². The van der Waals surface area contributed by atoms with E-state index in [9.17, 15) is 0 Å². The molecule has 0 spiro atoms. The van der Waals surface area contributed by atoms with E-state index in [1.807, 2.05) is 48.5 Å². The Kier molecular flexibility index (Phi) is 7.16. The van der Waals surface area contributed by atoms with Crippen molar-refractivity contribution in [1.82, 2.24) is 15.0 Å². The third kappa shape index (κ3) is 5.09. The molecule has 0 amide bonds. The molecule has 0 atom stereocenters. The molecule has 3 aromatic heterocycles. The number of aromatic nitrogens is 3. The molecule has 252 valence electrons. The van der Waals surface area contributed by atoms with Gasteiger partial charge in [-0.25, -0.2) is 0 Å². The molecule has 0 aliphatic carbocycles. The first-order chi connectivity index (χ1) is 26.7. The summed E-state index contributed by atoms with van der Waals surface area (Å²) in [6.45, 7) is 0. The zero-order chi connectivity index (χ0) is 35.6. The molecular weight excluding hydrogens is 726 g/mol. The molecule has 0 unspecified atom stereocenters. The van der Waals surface area contributed by atoms with Crippen LogP contribution in [0.15, 0.2) is 180 Å². The number of rotatable bonds is 5. The van der Waals surface area contributed by atoms with Crippen LogP contribution in [-0.4, -0.2) is 29.5 Å². The van der Waals surface area contributed by atoms with Crippen molar-refractivity contribution in [2.45, 2.75) is 0 Å². The summed E-state index contributed by atoms with van der Waals surface area (Å²) in [7, 11) is 0. The molecule has 3 heterocycles. The number of para-hydroxylation sites is 1. The molecule has 0 fully saturated rings. The molecule has 11 aromatic rings. The van der Waals surface area contributed by atoms with Crippen LogP contribution in [0.25, 0.3) is 108 Å². The average molecular weight is 755 g/mol. The summed E-state index contributed by atoms with van der Waals surface area (Å²) < 4.78 is 9.13. The Morgan fingerprint density at radius 1 is 0.370 bits per heavy atom. The SMILES string of the molecule is c1ccc(-c2nc(-c3cc(-c4ccc5c(c4)[se]c4c(-c6ccccc6)cccc45)c4ccccc4c3)nc(-c3cccc4oc5ccccc5c34)n2)cc1. The van der Waals surface area contributed by atoms with Crippen LogP contribution in [0.1, 0.15) is 0 Å². The van der Waals surface area contributed by atoms with Crippen molar-refractivity contribution in [3.05, 3.63) is 176 Å². The van der Waals surface area contributed by atoms with Gasteiger partial charge in [-0.05, 0) is 12.1 Å². The fourth-order valence-electron chi connectivity index (χ4n) is 7.79. The molecule has 54 heavy (non-hydrogen) atoms. The number of fused-ring (bicyclic) bond motifs is 7. The van der Waals surface area contributed by atoms with Gasteiger partial charge in [-0.2, -0.15) is 0 Å². The van der Waals surface area contributed by atoms with Crippen LogP contribution in [0.3, 0.4) is 0 Å². The second-order valence-electron chi connectivity index (χ2n) is 13.6. The first-order valence-electron chi connectivity index (χ1n) is 18.0. The second kappa shape index (κ2) is 12.5.